The lowest BCUT2D eigenvalue weighted by molar-refractivity contribution is -0.136. The molecular formula is C13H26N2O3. The fourth-order valence-electron chi connectivity index (χ4n) is 2.15. The van der Waals surface area contributed by atoms with E-state index in [4.69, 9.17) is 4.74 Å². The summed E-state index contributed by atoms with van der Waals surface area (Å²) >= 11 is 0. The third-order valence-corrected chi connectivity index (χ3v) is 3.41. The number of carbonyl (C=O) groups excluding carboxylic acids is 2. The smallest absolute Gasteiger partial charge is 0.236 e. The third kappa shape index (κ3) is 4.74. The maximum Gasteiger partial charge on any atom is 0.236 e. The number of nitrogens with zero attached hydrogens (tertiary/aromatic N) is 1. The second kappa shape index (κ2) is 9.05. The van der Waals surface area contributed by atoms with Gasteiger partial charge >= 0.3 is 0 Å². The Hall–Kier alpha value is -0.940. The molecule has 5 nitrogen and oxygen atoms in total. The molecule has 0 saturated carbocycles. The van der Waals surface area contributed by atoms with Crippen LogP contribution in [0.15, 0.2) is 0 Å². The summed E-state index contributed by atoms with van der Waals surface area (Å²) in [5, 5.41) is 2.85. The Morgan fingerprint density at radius 1 is 1.50 bits per heavy atom. The lowest BCUT2D eigenvalue weighted by atomic mass is 9.91. The summed E-state index contributed by atoms with van der Waals surface area (Å²) in [4.78, 5) is 24.4. The summed E-state index contributed by atoms with van der Waals surface area (Å²) < 4.78 is 5.38. The Bertz CT molecular complexity index is 259. The molecule has 1 amide bonds. The van der Waals surface area contributed by atoms with Crippen molar-refractivity contribution in [1.29, 1.82) is 0 Å². The van der Waals surface area contributed by atoms with E-state index < -0.39 is 0 Å². The van der Waals surface area contributed by atoms with Crippen LogP contribution in [0.3, 0.4) is 0 Å². The summed E-state index contributed by atoms with van der Waals surface area (Å²) in [5.41, 5.74) is 0. The van der Waals surface area contributed by atoms with Gasteiger partial charge < -0.3 is 19.7 Å². The van der Waals surface area contributed by atoms with E-state index in [-0.39, 0.29) is 24.0 Å². The molecule has 3 unspecified atom stereocenters. The maximum absolute atomic E-state index is 11.9. The molecule has 0 aromatic heterocycles. The Morgan fingerprint density at radius 3 is 2.50 bits per heavy atom. The van der Waals surface area contributed by atoms with Gasteiger partial charge in [0.15, 0.2) is 0 Å². The van der Waals surface area contributed by atoms with Crippen LogP contribution in [0.2, 0.25) is 0 Å². The van der Waals surface area contributed by atoms with Crippen molar-refractivity contribution in [2.75, 3.05) is 27.7 Å². The van der Waals surface area contributed by atoms with Gasteiger partial charge in [0.1, 0.15) is 6.29 Å². The third-order valence-electron chi connectivity index (χ3n) is 3.41. The zero-order valence-corrected chi connectivity index (χ0v) is 12.1. The minimum Gasteiger partial charge on any atom is -0.379 e. The van der Waals surface area contributed by atoms with Gasteiger partial charge in [-0.25, -0.2) is 0 Å². The van der Waals surface area contributed by atoms with E-state index in [9.17, 15) is 9.59 Å². The highest BCUT2D eigenvalue weighted by Crippen LogP contribution is 2.20. The van der Waals surface area contributed by atoms with Crippen molar-refractivity contribution in [3.63, 3.8) is 0 Å². The van der Waals surface area contributed by atoms with E-state index in [1.165, 1.54) is 0 Å². The van der Waals surface area contributed by atoms with Crippen LogP contribution < -0.4 is 5.32 Å². The van der Waals surface area contributed by atoms with E-state index in [1.54, 1.807) is 26.1 Å². The first-order chi connectivity index (χ1) is 8.53. The molecular weight excluding hydrogens is 232 g/mol. The van der Waals surface area contributed by atoms with Crippen molar-refractivity contribution in [3.05, 3.63) is 0 Å². The van der Waals surface area contributed by atoms with Crippen molar-refractivity contribution >= 4 is 12.2 Å². The summed E-state index contributed by atoms with van der Waals surface area (Å²) in [6.07, 6.45) is 1.84. The van der Waals surface area contributed by atoms with Gasteiger partial charge in [0.25, 0.3) is 0 Å². The molecule has 0 saturated heterocycles. The molecule has 0 aliphatic rings. The molecule has 0 aromatic carbocycles. The van der Waals surface area contributed by atoms with Crippen molar-refractivity contribution in [3.8, 4) is 0 Å². The SMILES string of the molecule is CCC(C)C(C(CC=O)OC)N(C)C(=O)CNC. The highest BCUT2D eigenvalue weighted by Gasteiger charge is 2.31. The summed E-state index contributed by atoms with van der Waals surface area (Å²) in [6, 6.07) is -0.0777. The lowest BCUT2D eigenvalue weighted by Gasteiger charge is -2.37. The number of hydrogen-bond acceptors (Lipinski definition) is 4. The molecule has 18 heavy (non-hydrogen) atoms. The number of methoxy groups -OCH3 is 1. The average Bonchev–Trinajstić information content (AvgIpc) is 2.37. The first-order valence-electron chi connectivity index (χ1n) is 6.40. The second-order valence-corrected chi connectivity index (χ2v) is 4.59. The van der Waals surface area contributed by atoms with E-state index in [0.717, 1.165) is 12.7 Å². The molecule has 0 radical (unpaired) electrons. The summed E-state index contributed by atoms with van der Waals surface area (Å²) in [7, 11) is 5.09. The average molecular weight is 258 g/mol. The minimum absolute atomic E-state index is 0.00995. The molecule has 0 rings (SSSR count). The van der Waals surface area contributed by atoms with Crippen LogP contribution in [0.1, 0.15) is 26.7 Å². The van der Waals surface area contributed by atoms with Crippen LogP contribution >= 0.6 is 0 Å². The standard InChI is InChI=1S/C13H26N2O3/c1-6-10(2)13(11(18-5)7-8-16)15(4)12(17)9-14-3/h8,10-11,13-14H,6-7,9H2,1-5H3. The Kier molecular flexibility index (Phi) is 8.58. The van der Waals surface area contributed by atoms with Gasteiger partial charge in [0.2, 0.25) is 5.91 Å². The van der Waals surface area contributed by atoms with Crippen molar-refractivity contribution in [2.45, 2.75) is 38.8 Å². The maximum atomic E-state index is 11.9. The van der Waals surface area contributed by atoms with Gasteiger partial charge in [0, 0.05) is 20.6 Å². The van der Waals surface area contributed by atoms with Crippen molar-refractivity contribution in [1.82, 2.24) is 10.2 Å². The van der Waals surface area contributed by atoms with Crippen molar-refractivity contribution in [2.24, 2.45) is 5.92 Å². The number of aldehydes is 1. The molecule has 106 valence electrons. The molecule has 5 heteroatoms. The van der Waals surface area contributed by atoms with Crippen LogP contribution in [-0.4, -0.2) is 57.0 Å². The normalized spacial score (nSPS) is 15.8. The molecule has 0 aliphatic heterocycles. The van der Waals surface area contributed by atoms with Crippen LogP contribution in [0.5, 0.6) is 0 Å². The van der Waals surface area contributed by atoms with Gasteiger partial charge in [0.05, 0.1) is 18.7 Å². The quantitative estimate of drug-likeness (QED) is 0.618. The molecule has 0 aliphatic carbocycles. The summed E-state index contributed by atoms with van der Waals surface area (Å²) in [5.74, 6) is 0.288. The molecule has 0 aromatic rings. The molecule has 0 fully saturated rings. The number of amides is 1. The van der Waals surface area contributed by atoms with E-state index in [0.29, 0.717) is 13.0 Å². The van der Waals surface area contributed by atoms with Gasteiger partial charge in [-0.1, -0.05) is 20.3 Å². The lowest BCUT2D eigenvalue weighted by Crippen LogP contribution is -2.51. The fourth-order valence-corrected chi connectivity index (χ4v) is 2.15. The second-order valence-electron chi connectivity index (χ2n) is 4.59. The van der Waals surface area contributed by atoms with Gasteiger partial charge in [-0.3, -0.25) is 4.79 Å². The Labute approximate surface area is 110 Å². The fraction of sp³-hybridized carbons (Fsp3) is 0.846. The Morgan fingerprint density at radius 2 is 2.11 bits per heavy atom. The molecule has 0 heterocycles. The number of carbonyl (C=O) groups is 2. The van der Waals surface area contributed by atoms with Gasteiger partial charge in [-0.2, -0.15) is 0 Å². The van der Waals surface area contributed by atoms with Crippen molar-refractivity contribution < 1.29 is 14.3 Å². The zero-order valence-electron chi connectivity index (χ0n) is 12.1. The highest BCUT2D eigenvalue weighted by molar-refractivity contribution is 5.78. The first kappa shape index (κ1) is 17.1. The van der Waals surface area contributed by atoms with E-state index >= 15 is 0 Å². The number of hydrogen-bond donors (Lipinski definition) is 1. The number of ether oxygens (including phenoxy) is 1. The molecule has 0 bridgehead atoms. The van der Waals surface area contributed by atoms with Gasteiger partial charge in [-0.05, 0) is 13.0 Å². The summed E-state index contributed by atoms with van der Waals surface area (Å²) in [6.45, 7) is 4.44. The number of rotatable bonds is 9. The molecule has 0 spiro atoms. The number of likely N-dealkylation sites (N-methyl/N-ethyl adjacent to an activating group) is 2. The monoisotopic (exact) mass is 258 g/mol. The van der Waals surface area contributed by atoms with Crippen LogP contribution in [0.25, 0.3) is 0 Å². The molecule has 1 N–H and O–H groups in total. The minimum atomic E-state index is -0.247. The molecule has 3 atom stereocenters. The predicted molar refractivity (Wildman–Crippen MR) is 71.4 cm³/mol. The first-order valence-corrected chi connectivity index (χ1v) is 6.40. The van der Waals surface area contributed by atoms with Crippen LogP contribution in [0.4, 0.5) is 0 Å². The van der Waals surface area contributed by atoms with Crippen LogP contribution in [0, 0.1) is 5.92 Å². The van der Waals surface area contributed by atoms with Gasteiger partial charge in [-0.15, -0.1) is 0 Å². The highest BCUT2D eigenvalue weighted by atomic mass is 16.5. The largest absolute Gasteiger partial charge is 0.379 e. The predicted octanol–water partition coefficient (Wildman–Crippen LogP) is 0.683. The topological polar surface area (TPSA) is 58.6 Å². The van der Waals surface area contributed by atoms with Crippen LogP contribution in [-0.2, 0) is 14.3 Å². The van der Waals surface area contributed by atoms with E-state index in [2.05, 4.69) is 19.2 Å². The Balaban J connectivity index is 4.95. The number of nitrogens with one attached hydrogen (secondary N) is 1. The zero-order chi connectivity index (χ0) is 14.1. The van der Waals surface area contributed by atoms with E-state index in [1.807, 2.05) is 0 Å².